The molecule has 0 unspecified atom stereocenters. The van der Waals surface area contributed by atoms with Crippen LogP contribution in [0.25, 0.3) is 0 Å². The first kappa shape index (κ1) is 16.4. The monoisotopic (exact) mass is 292 g/mol. The van der Waals surface area contributed by atoms with Gasteiger partial charge in [0.05, 0.1) is 17.7 Å². The number of unbranched alkanes of at least 4 members (excludes halogenated alkanes) is 1. The number of carbonyl (C=O) groups is 3. The lowest BCUT2D eigenvalue weighted by Crippen LogP contribution is -2.15. The van der Waals surface area contributed by atoms with E-state index in [0.29, 0.717) is 0 Å². The first-order chi connectivity index (χ1) is 10.1. The molecule has 0 N–H and O–H groups in total. The Morgan fingerprint density at radius 1 is 1.10 bits per heavy atom. The minimum Gasteiger partial charge on any atom is -0.462 e. The predicted octanol–water partition coefficient (Wildman–Crippen LogP) is 2.44. The molecule has 0 amide bonds. The van der Waals surface area contributed by atoms with Crippen LogP contribution in [0.1, 0.15) is 40.5 Å². The highest BCUT2D eigenvalue weighted by Gasteiger charge is 2.20. The summed E-state index contributed by atoms with van der Waals surface area (Å²) in [7, 11) is 0. The molecule has 6 heteroatoms. The molecule has 0 fully saturated rings. The SMILES string of the molecule is C=CC(=O)OOC(=O)c1ccccc1C(=O)OCCCC. The highest BCUT2D eigenvalue weighted by atomic mass is 17.2. The van der Waals surface area contributed by atoms with Gasteiger partial charge in [0.1, 0.15) is 0 Å². The Kier molecular flexibility index (Phi) is 6.67. The number of hydrogen-bond donors (Lipinski definition) is 0. The smallest absolute Gasteiger partial charge is 0.387 e. The summed E-state index contributed by atoms with van der Waals surface area (Å²) in [6.45, 7) is 5.39. The summed E-state index contributed by atoms with van der Waals surface area (Å²) in [4.78, 5) is 43.0. The molecule has 0 saturated carbocycles. The lowest BCUT2D eigenvalue weighted by Gasteiger charge is -2.08. The van der Waals surface area contributed by atoms with Gasteiger partial charge in [0.25, 0.3) is 0 Å². The summed E-state index contributed by atoms with van der Waals surface area (Å²) in [6, 6.07) is 5.94. The maximum absolute atomic E-state index is 11.9. The van der Waals surface area contributed by atoms with Crippen molar-refractivity contribution in [1.29, 1.82) is 0 Å². The molecule has 0 aliphatic rings. The van der Waals surface area contributed by atoms with E-state index < -0.39 is 17.9 Å². The van der Waals surface area contributed by atoms with Gasteiger partial charge in [-0.15, -0.1) is 0 Å². The first-order valence-electron chi connectivity index (χ1n) is 6.41. The molecule has 6 nitrogen and oxygen atoms in total. The minimum absolute atomic E-state index is 0.0455. The summed E-state index contributed by atoms with van der Waals surface area (Å²) in [5.74, 6) is -2.51. The van der Waals surface area contributed by atoms with Crippen molar-refractivity contribution in [2.75, 3.05) is 6.61 Å². The van der Waals surface area contributed by atoms with E-state index in [9.17, 15) is 14.4 Å². The molecule has 1 aromatic rings. The number of ether oxygens (including phenoxy) is 1. The summed E-state index contributed by atoms with van der Waals surface area (Å²) in [5.41, 5.74) is 0.00381. The van der Waals surface area contributed by atoms with Crippen LogP contribution < -0.4 is 0 Å². The Balaban J connectivity index is 2.78. The van der Waals surface area contributed by atoms with Gasteiger partial charge < -0.3 is 4.74 Å². The van der Waals surface area contributed by atoms with Gasteiger partial charge in [0, 0.05) is 6.08 Å². The first-order valence-corrected chi connectivity index (χ1v) is 6.41. The van der Waals surface area contributed by atoms with Crippen LogP contribution in [0.15, 0.2) is 36.9 Å². The van der Waals surface area contributed by atoms with Crippen LogP contribution in [0.2, 0.25) is 0 Å². The molecule has 0 aliphatic carbocycles. The molecule has 0 aromatic heterocycles. The van der Waals surface area contributed by atoms with Gasteiger partial charge in [-0.2, -0.15) is 0 Å². The van der Waals surface area contributed by atoms with Crippen molar-refractivity contribution < 1.29 is 28.9 Å². The molecule has 0 saturated heterocycles. The number of esters is 1. The number of benzene rings is 1. The third-order valence-electron chi connectivity index (χ3n) is 2.46. The molecular weight excluding hydrogens is 276 g/mol. The fourth-order valence-corrected chi connectivity index (χ4v) is 1.38. The van der Waals surface area contributed by atoms with Gasteiger partial charge in [-0.1, -0.05) is 32.1 Å². The van der Waals surface area contributed by atoms with Crippen molar-refractivity contribution in [1.82, 2.24) is 0 Å². The topological polar surface area (TPSA) is 78.9 Å². The molecule has 1 aromatic carbocycles. The average Bonchev–Trinajstić information content (AvgIpc) is 2.52. The summed E-state index contributed by atoms with van der Waals surface area (Å²) >= 11 is 0. The standard InChI is InChI=1S/C15H16O6/c1-3-5-10-19-14(17)11-8-6-7-9-12(11)15(18)21-20-13(16)4-2/h4,6-9H,2-3,5,10H2,1H3. The molecule has 21 heavy (non-hydrogen) atoms. The summed E-state index contributed by atoms with van der Waals surface area (Å²) in [5, 5.41) is 0. The summed E-state index contributed by atoms with van der Waals surface area (Å²) < 4.78 is 5.04. The predicted molar refractivity (Wildman–Crippen MR) is 73.3 cm³/mol. The van der Waals surface area contributed by atoms with Crippen LogP contribution >= 0.6 is 0 Å². The molecule has 0 aliphatic heterocycles. The molecule has 0 spiro atoms. The van der Waals surface area contributed by atoms with Crippen molar-refractivity contribution in [3.8, 4) is 0 Å². The fraction of sp³-hybridized carbons (Fsp3) is 0.267. The Labute approximate surface area is 122 Å². The number of carbonyl (C=O) groups excluding carboxylic acids is 3. The Morgan fingerprint density at radius 3 is 2.29 bits per heavy atom. The van der Waals surface area contributed by atoms with Crippen LogP contribution in [0.5, 0.6) is 0 Å². The van der Waals surface area contributed by atoms with Gasteiger partial charge in [-0.3, -0.25) is 0 Å². The van der Waals surface area contributed by atoms with Crippen molar-refractivity contribution >= 4 is 17.9 Å². The quantitative estimate of drug-likeness (QED) is 0.263. The third kappa shape index (κ3) is 5.10. The second-order valence-electron chi connectivity index (χ2n) is 4.01. The highest BCUT2D eigenvalue weighted by Crippen LogP contribution is 2.12. The van der Waals surface area contributed by atoms with Crippen LogP contribution in [-0.2, 0) is 19.3 Å². The van der Waals surface area contributed by atoms with Crippen LogP contribution in [-0.4, -0.2) is 24.5 Å². The van der Waals surface area contributed by atoms with Gasteiger partial charge in [0.15, 0.2) is 0 Å². The molecule has 0 bridgehead atoms. The maximum Gasteiger partial charge on any atom is 0.387 e. The molecule has 1 rings (SSSR count). The van der Waals surface area contributed by atoms with E-state index >= 15 is 0 Å². The lowest BCUT2D eigenvalue weighted by molar-refractivity contribution is -0.228. The van der Waals surface area contributed by atoms with Crippen molar-refractivity contribution in [2.24, 2.45) is 0 Å². The van der Waals surface area contributed by atoms with E-state index in [4.69, 9.17) is 4.74 Å². The molecule has 112 valence electrons. The second-order valence-corrected chi connectivity index (χ2v) is 4.01. The Hall–Kier alpha value is -2.63. The van der Waals surface area contributed by atoms with E-state index in [-0.39, 0.29) is 17.7 Å². The molecule has 0 radical (unpaired) electrons. The second kappa shape index (κ2) is 8.52. The summed E-state index contributed by atoms with van der Waals surface area (Å²) in [6.07, 6.45) is 2.46. The van der Waals surface area contributed by atoms with Gasteiger partial charge >= 0.3 is 17.9 Å². The zero-order valence-corrected chi connectivity index (χ0v) is 11.7. The van der Waals surface area contributed by atoms with Gasteiger partial charge in [0.2, 0.25) is 0 Å². The average molecular weight is 292 g/mol. The van der Waals surface area contributed by atoms with Crippen LogP contribution in [0.4, 0.5) is 0 Å². The van der Waals surface area contributed by atoms with E-state index in [0.717, 1.165) is 18.9 Å². The third-order valence-corrected chi connectivity index (χ3v) is 2.46. The van der Waals surface area contributed by atoms with E-state index in [1.807, 2.05) is 6.92 Å². The Morgan fingerprint density at radius 2 is 1.71 bits per heavy atom. The zero-order chi connectivity index (χ0) is 15.7. The van der Waals surface area contributed by atoms with Crippen molar-refractivity contribution in [3.05, 3.63) is 48.0 Å². The van der Waals surface area contributed by atoms with Crippen molar-refractivity contribution in [2.45, 2.75) is 19.8 Å². The van der Waals surface area contributed by atoms with Crippen LogP contribution in [0, 0.1) is 0 Å². The maximum atomic E-state index is 11.9. The van der Waals surface area contributed by atoms with Gasteiger partial charge in [-0.05, 0) is 18.6 Å². The van der Waals surface area contributed by atoms with E-state index in [1.54, 1.807) is 12.1 Å². The van der Waals surface area contributed by atoms with E-state index in [1.165, 1.54) is 12.1 Å². The minimum atomic E-state index is -0.965. The lowest BCUT2D eigenvalue weighted by atomic mass is 10.1. The van der Waals surface area contributed by atoms with Crippen LogP contribution in [0.3, 0.4) is 0 Å². The molecule has 0 heterocycles. The van der Waals surface area contributed by atoms with Crippen molar-refractivity contribution in [3.63, 3.8) is 0 Å². The zero-order valence-electron chi connectivity index (χ0n) is 11.7. The molecule has 0 atom stereocenters. The molecular formula is C15H16O6. The van der Waals surface area contributed by atoms with Gasteiger partial charge in [-0.25, -0.2) is 24.2 Å². The van der Waals surface area contributed by atoms with E-state index in [2.05, 4.69) is 16.4 Å². The number of rotatable bonds is 6. The normalized spacial score (nSPS) is 9.57. The highest BCUT2D eigenvalue weighted by molar-refractivity contribution is 6.03. The largest absolute Gasteiger partial charge is 0.462 e. The number of hydrogen-bond acceptors (Lipinski definition) is 6. The Bertz CT molecular complexity index is 535. The fourth-order valence-electron chi connectivity index (χ4n) is 1.38.